The van der Waals surface area contributed by atoms with E-state index in [1.54, 1.807) is 7.11 Å². The van der Waals surface area contributed by atoms with Gasteiger partial charge in [0, 0.05) is 32.7 Å². The SMILES string of the molecule is COc1ccccc1C(=O)N1CCN(CC2CC=CCC2)CC1. The first kappa shape index (κ1) is 16.1. The Balaban J connectivity index is 1.54. The average Bonchev–Trinajstić information content (AvgIpc) is 2.62. The minimum Gasteiger partial charge on any atom is -0.496 e. The molecule has 1 amide bonds. The van der Waals surface area contributed by atoms with E-state index in [9.17, 15) is 4.79 Å². The number of nitrogens with zero attached hydrogens (tertiary/aromatic N) is 2. The van der Waals surface area contributed by atoms with Gasteiger partial charge in [0.1, 0.15) is 5.75 Å². The summed E-state index contributed by atoms with van der Waals surface area (Å²) in [5.41, 5.74) is 0.667. The van der Waals surface area contributed by atoms with E-state index in [0.29, 0.717) is 11.3 Å². The van der Waals surface area contributed by atoms with E-state index in [1.165, 1.54) is 25.8 Å². The fourth-order valence-electron chi connectivity index (χ4n) is 3.51. The number of hydrogen-bond acceptors (Lipinski definition) is 3. The maximum Gasteiger partial charge on any atom is 0.257 e. The summed E-state index contributed by atoms with van der Waals surface area (Å²) < 4.78 is 5.31. The van der Waals surface area contributed by atoms with Crippen LogP contribution in [0.1, 0.15) is 29.6 Å². The van der Waals surface area contributed by atoms with Crippen molar-refractivity contribution in [1.29, 1.82) is 0 Å². The molecule has 2 aliphatic rings. The molecule has 0 bridgehead atoms. The van der Waals surface area contributed by atoms with E-state index in [2.05, 4.69) is 17.1 Å². The van der Waals surface area contributed by atoms with Crippen LogP contribution in [0.15, 0.2) is 36.4 Å². The molecule has 1 atom stereocenters. The number of allylic oxidation sites excluding steroid dienone is 2. The summed E-state index contributed by atoms with van der Waals surface area (Å²) in [7, 11) is 1.61. The molecule has 4 nitrogen and oxygen atoms in total. The van der Waals surface area contributed by atoms with Crippen molar-refractivity contribution in [3.05, 3.63) is 42.0 Å². The third-order valence-corrected chi connectivity index (χ3v) is 4.89. The average molecular weight is 314 g/mol. The normalized spacial score (nSPS) is 22.1. The monoisotopic (exact) mass is 314 g/mol. The van der Waals surface area contributed by atoms with Gasteiger partial charge in [0.25, 0.3) is 5.91 Å². The van der Waals surface area contributed by atoms with Crippen LogP contribution >= 0.6 is 0 Å². The van der Waals surface area contributed by atoms with Crippen molar-refractivity contribution in [3.63, 3.8) is 0 Å². The lowest BCUT2D eigenvalue weighted by Crippen LogP contribution is -2.49. The summed E-state index contributed by atoms with van der Waals surface area (Å²) in [6.07, 6.45) is 8.34. The molecule has 0 saturated carbocycles. The minimum absolute atomic E-state index is 0.0858. The van der Waals surface area contributed by atoms with Crippen molar-refractivity contribution in [2.75, 3.05) is 39.8 Å². The molecule has 1 fully saturated rings. The molecular weight excluding hydrogens is 288 g/mol. The Morgan fingerprint density at radius 2 is 1.96 bits per heavy atom. The van der Waals surface area contributed by atoms with Crippen LogP contribution in [0.4, 0.5) is 0 Å². The summed E-state index contributed by atoms with van der Waals surface area (Å²) in [4.78, 5) is 17.2. The zero-order chi connectivity index (χ0) is 16.1. The van der Waals surface area contributed by atoms with Crippen LogP contribution in [0, 0.1) is 5.92 Å². The van der Waals surface area contributed by atoms with Gasteiger partial charge < -0.3 is 9.64 Å². The summed E-state index contributed by atoms with van der Waals surface area (Å²) >= 11 is 0. The highest BCUT2D eigenvalue weighted by Gasteiger charge is 2.25. The van der Waals surface area contributed by atoms with Gasteiger partial charge in [-0.2, -0.15) is 0 Å². The van der Waals surface area contributed by atoms with Crippen LogP contribution in [0.5, 0.6) is 5.75 Å². The fraction of sp³-hybridized carbons (Fsp3) is 0.526. The first-order chi connectivity index (χ1) is 11.3. The Morgan fingerprint density at radius 1 is 1.17 bits per heavy atom. The highest BCUT2D eigenvalue weighted by Crippen LogP contribution is 2.22. The molecular formula is C19H26N2O2. The molecule has 0 spiro atoms. The van der Waals surface area contributed by atoms with E-state index < -0.39 is 0 Å². The topological polar surface area (TPSA) is 32.8 Å². The number of benzene rings is 1. The van der Waals surface area contributed by atoms with Gasteiger partial charge in [-0.15, -0.1) is 0 Å². The van der Waals surface area contributed by atoms with Gasteiger partial charge in [-0.05, 0) is 37.3 Å². The Morgan fingerprint density at radius 3 is 2.65 bits per heavy atom. The number of para-hydroxylation sites is 1. The summed E-state index contributed by atoms with van der Waals surface area (Å²) in [6, 6.07) is 7.48. The van der Waals surface area contributed by atoms with Gasteiger partial charge in [0.15, 0.2) is 0 Å². The highest BCUT2D eigenvalue weighted by atomic mass is 16.5. The molecule has 4 heteroatoms. The number of methoxy groups -OCH3 is 1. The number of carbonyl (C=O) groups is 1. The second kappa shape index (κ2) is 7.64. The molecule has 1 saturated heterocycles. The van der Waals surface area contributed by atoms with Crippen LogP contribution in [0.25, 0.3) is 0 Å². The van der Waals surface area contributed by atoms with Crippen LogP contribution in [-0.4, -0.2) is 55.5 Å². The Kier molecular flexibility index (Phi) is 5.34. The quantitative estimate of drug-likeness (QED) is 0.801. The number of amides is 1. The van der Waals surface area contributed by atoms with Gasteiger partial charge in [0.05, 0.1) is 12.7 Å². The molecule has 1 aromatic carbocycles. The minimum atomic E-state index is 0.0858. The molecule has 0 radical (unpaired) electrons. The number of ether oxygens (including phenoxy) is 1. The molecule has 0 N–H and O–H groups in total. The summed E-state index contributed by atoms with van der Waals surface area (Å²) in [6.45, 7) is 4.72. The third-order valence-electron chi connectivity index (χ3n) is 4.89. The van der Waals surface area contributed by atoms with E-state index in [4.69, 9.17) is 4.74 Å². The Hall–Kier alpha value is -1.81. The van der Waals surface area contributed by atoms with Crippen molar-refractivity contribution in [2.45, 2.75) is 19.3 Å². The van der Waals surface area contributed by atoms with E-state index in [0.717, 1.165) is 32.1 Å². The van der Waals surface area contributed by atoms with Crippen molar-refractivity contribution < 1.29 is 9.53 Å². The molecule has 1 aromatic rings. The molecule has 1 aliphatic heterocycles. The van der Waals surface area contributed by atoms with Crippen molar-refractivity contribution in [1.82, 2.24) is 9.80 Å². The largest absolute Gasteiger partial charge is 0.496 e. The molecule has 1 unspecified atom stereocenters. The lowest BCUT2D eigenvalue weighted by Gasteiger charge is -2.37. The van der Waals surface area contributed by atoms with Gasteiger partial charge >= 0.3 is 0 Å². The first-order valence-electron chi connectivity index (χ1n) is 8.57. The maximum atomic E-state index is 12.7. The summed E-state index contributed by atoms with van der Waals surface area (Å²) in [5, 5.41) is 0. The number of rotatable bonds is 4. The smallest absolute Gasteiger partial charge is 0.257 e. The predicted molar refractivity (Wildman–Crippen MR) is 91.8 cm³/mol. The number of hydrogen-bond donors (Lipinski definition) is 0. The maximum absolute atomic E-state index is 12.7. The van der Waals surface area contributed by atoms with Crippen LogP contribution in [0.3, 0.4) is 0 Å². The zero-order valence-corrected chi connectivity index (χ0v) is 13.9. The second-order valence-corrected chi connectivity index (χ2v) is 6.44. The van der Waals surface area contributed by atoms with Crippen molar-refractivity contribution in [2.24, 2.45) is 5.92 Å². The van der Waals surface area contributed by atoms with E-state index in [-0.39, 0.29) is 5.91 Å². The standard InChI is InChI=1S/C19H26N2O2/c1-23-18-10-6-5-9-17(18)19(22)21-13-11-20(12-14-21)15-16-7-3-2-4-8-16/h2-3,5-6,9-10,16H,4,7-8,11-15H2,1H3. The van der Waals surface area contributed by atoms with Crippen LogP contribution in [-0.2, 0) is 0 Å². The molecule has 0 aromatic heterocycles. The van der Waals surface area contributed by atoms with Gasteiger partial charge in [-0.1, -0.05) is 24.3 Å². The van der Waals surface area contributed by atoms with Crippen LogP contribution in [0.2, 0.25) is 0 Å². The fourth-order valence-corrected chi connectivity index (χ4v) is 3.51. The van der Waals surface area contributed by atoms with Gasteiger partial charge in [-0.3, -0.25) is 9.69 Å². The zero-order valence-electron chi connectivity index (χ0n) is 13.9. The van der Waals surface area contributed by atoms with E-state index >= 15 is 0 Å². The summed E-state index contributed by atoms with van der Waals surface area (Å²) in [5.74, 6) is 1.54. The molecule has 124 valence electrons. The second-order valence-electron chi connectivity index (χ2n) is 6.44. The van der Waals surface area contributed by atoms with Crippen molar-refractivity contribution in [3.8, 4) is 5.75 Å². The van der Waals surface area contributed by atoms with Gasteiger partial charge in [-0.25, -0.2) is 0 Å². The Bertz CT molecular complexity index is 562. The number of piperazine rings is 1. The van der Waals surface area contributed by atoms with E-state index in [1.807, 2.05) is 29.2 Å². The highest BCUT2D eigenvalue weighted by molar-refractivity contribution is 5.97. The first-order valence-corrected chi connectivity index (χ1v) is 8.57. The molecule has 23 heavy (non-hydrogen) atoms. The Labute approximate surface area is 138 Å². The molecule has 3 rings (SSSR count). The van der Waals surface area contributed by atoms with Gasteiger partial charge in [0.2, 0.25) is 0 Å². The lowest BCUT2D eigenvalue weighted by molar-refractivity contribution is 0.0611. The van der Waals surface area contributed by atoms with Crippen molar-refractivity contribution >= 4 is 5.91 Å². The predicted octanol–water partition coefficient (Wildman–Crippen LogP) is 2.81. The lowest BCUT2D eigenvalue weighted by atomic mass is 9.94. The molecule has 1 aliphatic carbocycles. The third kappa shape index (κ3) is 3.94. The molecule has 1 heterocycles. The van der Waals surface area contributed by atoms with Crippen LogP contribution < -0.4 is 4.74 Å². The number of carbonyl (C=O) groups excluding carboxylic acids is 1.